The average molecular weight is 263 g/mol. The molecule has 1 aliphatic rings. The number of carbonyl (C=O) groups excluding carboxylic acids is 1. The van der Waals surface area contributed by atoms with Crippen molar-refractivity contribution < 1.29 is 9.90 Å². The highest BCUT2D eigenvalue weighted by Gasteiger charge is 2.42. The van der Waals surface area contributed by atoms with Crippen molar-refractivity contribution >= 4 is 17.3 Å². The quantitative estimate of drug-likeness (QED) is 0.796. The summed E-state index contributed by atoms with van der Waals surface area (Å²) in [4.78, 5) is 15.8. The third-order valence-electron chi connectivity index (χ3n) is 3.67. The fourth-order valence-electron chi connectivity index (χ4n) is 2.31. The maximum Gasteiger partial charge on any atom is 0.254 e. The first-order valence-electron chi connectivity index (χ1n) is 6.45. The summed E-state index contributed by atoms with van der Waals surface area (Å²) in [5, 5.41) is 9.93. The second kappa shape index (κ2) is 4.74. The van der Waals surface area contributed by atoms with Crippen molar-refractivity contribution in [3.63, 3.8) is 0 Å². The first-order chi connectivity index (χ1) is 8.86. The molecule has 3 N–H and O–H groups in total. The Hall–Kier alpha value is -1.75. The fraction of sp³-hybridized carbons (Fsp3) is 0.500. The van der Waals surface area contributed by atoms with Crippen LogP contribution in [0.25, 0.3) is 0 Å². The lowest BCUT2D eigenvalue weighted by Gasteiger charge is -2.46. The molecule has 0 spiro atoms. The van der Waals surface area contributed by atoms with Crippen molar-refractivity contribution in [3.05, 3.63) is 23.8 Å². The number of nitrogens with two attached hydrogens (primary N) is 1. The Bertz CT molecular complexity index is 493. The summed E-state index contributed by atoms with van der Waals surface area (Å²) in [6.07, 6.45) is 0.665. The van der Waals surface area contributed by atoms with Gasteiger partial charge in [0.2, 0.25) is 0 Å². The number of β-amino-alcohol motifs (C(OH)–C–C–N with tert-alkyl or cyclic N) is 1. The zero-order chi connectivity index (χ0) is 14.2. The van der Waals surface area contributed by atoms with E-state index in [2.05, 4.69) is 0 Å². The van der Waals surface area contributed by atoms with E-state index in [9.17, 15) is 9.90 Å². The van der Waals surface area contributed by atoms with Crippen LogP contribution in [0.5, 0.6) is 0 Å². The molecule has 1 aromatic rings. The molecule has 0 saturated carbocycles. The smallest absolute Gasteiger partial charge is 0.254 e. The Labute approximate surface area is 113 Å². The van der Waals surface area contributed by atoms with Crippen molar-refractivity contribution in [2.75, 3.05) is 37.8 Å². The van der Waals surface area contributed by atoms with Gasteiger partial charge >= 0.3 is 0 Å². The Balaban J connectivity index is 2.11. The normalized spacial score (nSPS) is 16.9. The number of anilines is 2. The topological polar surface area (TPSA) is 69.8 Å². The molecule has 0 radical (unpaired) electrons. The number of nitrogen functional groups attached to an aromatic ring is 1. The zero-order valence-corrected chi connectivity index (χ0v) is 11.7. The Kier molecular flexibility index (Phi) is 3.41. The highest BCUT2D eigenvalue weighted by molar-refractivity contribution is 5.96. The highest BCUT2D eigenvalue weighted by atomic mass is 16.3. The molecule has 0 unspecified atom stereocenters. The van der Waals surface area contributed by atoms with E-state index in [0.29, 0.717) is 30.8 Å². The third kappa shape index (κ3) is 2.51. The van der Waals surface area contributed by atoms with E-state index in [1.807, 2.05) is 32.0 Å². The maximum absolute atomic E-state index is 12.2. The standard InChI is InChI=1S/C14H21N3O2/c1-4-14(19)8-17(9-14)13(18)10-5-6-12(16(2)3)11(15)7-10/h5-7,19H,4,8-9,15H2,1-3H3. The molecule has 104 valence electrons. The predicted molar refractivity (Wildman–Crippen MR) is 76.3 cm³/mol. The number of carbonyl (C=O) groups is 1. The SMILES string of the molecule is CCC1(O)CN(C(=O)c2ccc(N(C)C)c(N)c2)C1. The summed E-state index contributed by atoms with van der Waals surface area (Å²) in [5.41, 5.74) is 7.28. The van der Waals surface area contributed by atoms with Crippen LogP contribution in [0.15, 0.2) is 18.2 Å². The Morgan fingerprint density at radius 2 is 2.11 bits per heavy atom. The number of nitrogens with zero attached hydrogens (tertiary/aromatic N) is 2. The van der Waals surface area contributed by atoms with Crippen LogP contribution in [-0.2, 0) is 0 Å². The molecule has 2 rings (SSSR count). The molecule has 1 heterocycles. The van der Waals surface area contributed by atoms with Crippen molar-refractivity contribution in [1.29, 1.82) is 0 Å². The molecule has 19 heavy (non-hydrogen) atoms. The molecule has 1 saturated heterocycles. The lowest BCUT2D eigenvalue weighted by molar-refractivity contribution is -0.0826. The summed E-state index contributed by atoms with van der Waals surface area (Å²) in [6.45, 7) is 2.72. The minimum absolute atomic E-state index is 0.0740. The van der Waals surface area contributed by atoms with Gasteiger partial charge in [0.1, 0.15) is 0 Å². The van der Waals surface area contributed by atoms with Crippen molar-refractivity contribution in [3.8, 4) is 0 Å². The molecule has 1 aliphatic heterocycles. The third-order valence-corrected chi connectivity index (χ3v) is 3.67. The zero-order valence-electron chi connectivity index (χ0n) is 11.7. The van der Waals surface area contributed by atoms with Gasteiger partial charge in [-0.3, -0.25) is 4.79 Å². The summed E-state index contributed by atoms with van der Waals surface area (Å²) < 4.78 is 0. The van der Waals surface area contributed by atoms with Gasteiger partial charge in [0, 0.05) is 19.7 Å². The lowest BCUT2D eigenvalue weighted by atomic mass is 9.90. The van der Waals surface area contributed by atoms with Crippen LogP contribution in [0.4, 0.5) is 11.4 Å². The average Bonchev–Trinajstić information content (AvgIpc) is 2.33. The van der Waals surface area contributed by atoms with E-state index in [1.54, 1.807) is 17.0 Å². The van der Waals surface area contributed by atoms with Crippen LogP contribution in [0, 0.1) is 0 Å². The first kappa shape index (κ1) is 13.7. The largest absolute Gasteiger partial charge is 0.397 e. The van der Waals surface area contributed by atoms with Gasteiger partial charge in [-0.2, -0.15) is 0 Å². The number of rotatable bonds is 3. The summed E-state index contributed by atoms with van der Waals surface area (Å²) in [5.74, 6) is -0.0740. The van der Waals surface area contributed by atoms with Gasteiger partial charge < -0.3 is 20.6 Å². The molecular weight excluding hydrogens is 242 g/mol. The second-order valence-corrected chi connectivity index (χ2v) is 5.41. The summed E-state index contributed by atoms with van der Waals surface area (Å²) >= 11 is 0. The minimum atomic E-state index is -0.704. The molecule has 1 aromatic carbocycles. The maximum atomic E-state index is 12.2. The number of likely N-dealkylation sites (tertiary alicyclic amines) is 1. The van der Waals surface area contributed by atoms with Crippen LogP contribution in [-0.4, -0.2) is 48.7 Å². The number of amides is 1. The van der Waals surface area contributed by atoms with Crippen LogP contribution < -0.4 is 10.6 Å². The van der Waals surface area contributed by atoms with E-state index < -0.39 is 5.60 Å². The van der Waals surface area contributed by atoms with Crippen molar-refractivity contribution in [2.24, 2.45) is 0 Å². The van der Waals surface area contributed by atoms with Crippen molar-refractivity contribution in [2.45, 2.75) is 18.9 Å². The second-order valence-electron chi connectivity index (χ2n) is 5.41. The van der Waals surface area contributed by atoms with E-state index in [1.165, 1.54) is 0 Å². The molecule has 0 atom stereocenters. The molecule has 1 amide bonds. The van der Waals surface area contributed by atoms with Crippen LogP contribution in [0.1, 0.15) is 23.7 Å². The number of hydrogen-bond acceptors (Lipinski definition) is 4. The van der Waals surface area contributed by atoms with Gasteiger partial charge in [0.25, 0.3) is 5.91 Å². The van der Waals surface area contributed by atoms with E-state index in [0.717, 1.165) is 5.69 Å². The summed E-state index contributed by atoms with van der Waals surface area (Å²) in [7, 11) is 3.81. The Morgan fingerprint density at radius 1 is 1.47 bits per heavy atom. The fourth-order valence-corrected chi connectivity index (χ4v) is 2.31. The monoisotopic (exact) mass is 263 g/mol. The molecule has 5 nitrogen and oxygen atoms in total. The number of hydrogen-bond donors (Lipinski definition) is 2. The van der Waals surface area contributed by atoms with Crippen LogP contribution >= 0.6 is 0 Å². The molecular formula is C14H21N3O2. The van der Waals surface area contributed by atoms with Gasteiger partial charge in [-0.25, -0.2) is 0 Å². The minimum Gasteiger partial charge on any atom is -0.397 e. The molecule has 0 aliphatic carbocycles. The lowest BCUT2D eigenvalue weighted by Crippen LogP contribution is -2.63. The molecule has 0 aromatic heterocycles. The van der Waals surface area contributed by atoms with Crippen LogP contribution in [0.2, 0.25) is 0 Å². The number of aliphatic hydroxyl groups is 1. The highest BCUT2D eigenvalue weighted by Crippen LogP contribution is 2.28. The van der Waals surface area contributed by atoms with E-state index in [4.69, 9.17) is 5.73 Å². The number of benzene rings is 1. The Morgan fingerprint density at radius 3 is 2.58 bits per heavy atom. The molecule has 0 bridgehead atoms. The van der Waals surface area contributed by atoms with Gasteiger partial charge in [-0.05, 0) is 24.6 Å². The van der Waals surface area contributed by atoms with E-state index in [-0.39, 0.29) is 5.91 Å². The van der Waals surface area contributed by atoms with Crippen LogP contribution in [0.3, 0.4) is 0 Å². The molecule has 5 heteroatoms. The van der Waals surface area contributed by atoms with Crippen molar-refractivity contribution in [1.82, 2.24) is 4.90 Å². The van der Waals surface area contributed by atoms with Gasteiger partial charge in [0.05, 0.1) is 30.1 Å². The summed E-state index contributed by atoms with van der Waals surface area (Å²) in [6, 6.07) is 5.31. The first-order valence-corrected chi connectivity index (χ1v) is 6.45. The van der Waals surface area contributed by atoms with E-state index >= 15 is 0 Å². The predicted octanol–water partition coefficient (Wildman–Crippen LogP) is 0.932. The van der Waals surface area contributed by atoms with Gasteiger partial charge in [-0.1, -0.05) is 6.92 Å². The van der Waals surface area contributed by atoms with Gasteiger partial charge in [0.15, 0.2) is 0 Å². The molecule has 1 fully saturated rings. The van der Waals surface area contributed by atoms with Gasteiger partial charge in [-0.15, -0.1) is 0 Å².